The fourth-order valence-electron chi connectivity index (χ4n) is 3.25. The van der Waals surface area contributed by atoms with Gasteiger partial charge >= 0.3 is 0 Å². The number of terminal acetylenes is 1. The Morgan fingerprint density at radius 2 is 2.06 bits per heavy atom. The molecule has 0 bridgehead atoms. The minimum Gasteiger partial charge on any atom is -0.393 e. The van der Waals surface area contributed by atoms with Gasteiger partial charge in [0.1, 0.15) is 6.10 Å². The standard InChI is InChI=1S/C23H33FN2O3.C3H4/c1-5-8-13-25(15-18(4)6-2)20-11-14-26(16-19(7-3)10-9-12-24)23(29)22(20)21(28)17-27;1-3-2/h5-7,9-10,12,18,21,27-28H,1-3,8,11,13-17H2,4H3;1H,2H3/b12-9+,19-10+;. The second kappa shape index (κ2) is 16.8. The second-order valence-electron chi connectivity index (χ2n) is 7.32. The van der Waals surface area contributed by atoms with E-state index in [1.165, 1.54) is 6.08 Å². The van der Waals surface area contributed by atoms with Crippen LogP contribution in [0.5, 0.6) is 0 Å². The predicted molar refractivity (Wildman–Crippen MR) is 130 cm³/mol. The second-order valence-corrected chi connectivity index (χ2v) is 7.32. The largest absolute Gasteiger partial charge is 0.393 e. The average Bonchev–Trinajstić information content (AvgIpc) is 2.79. The van der Waals surface area contributed by atoms with Gasteiger partial charge in [-0.1, -0.05) is 37.8 Å². The van der Waals surface area contributed by atoms with Gasteiger partial charge < -0.3 is 20.0 Å². The highest BCUT2D eigenvalue weighted by molar-refractivity contribution is 5.96. The molecule has 1 rings (SSSR count). The number of carbonyl (C=O) groups excluding carboxylic acids is 1. The van der Waals surface area contributed by atoms with E-state index in [9.17, 15) is 19.4 Å². The van der Waals surface area contributed by atoms with Gasteiger partial charge in [0.2, 0.25) is 0 Å². The van der Waals surface area contributed by atoms with E-state index in [1.807, 2.05) is 19.1 Å². The fourth-order valence-corrected chi connectivity index (χ4v) is 3.25. The normalized spacial score (nSPS) is 16.1. The van der Waals surface area contributed by atoms with Crippen molar-refractivity contribution >= 4 is 5.91 Å². The summed E-state index contributed by atoms with van der Waals surface area (Å²) in [5, 5.41) is 20.0. The molecule has 0 saturated heterocycles. The summed E-state index contributed by atoms with van der Waals surface area (Å²) in [7, 11) is 0. The Morgan fingerprint density at radius 3 is 2.56 bits per heavy atom. The van der Waals surface area contributed by atoms with Crippen molar-refractivity contribution in [1.29, 1.82) is 0 Å². The van der Waals surface area contributed by atoms with Crippen molar-refractivity contribution in [2.24, 2.45) is 5.92 Å². The smallest absolute Gasteiger partial charge is 0.254 e. The predicted octanol–water partition coefficient (Wildman–Crippen LogP) is 3.76. The van der Waals surface area contributed by atoms with E-state index in [2.05, 4.69) is 37.0 Å². The fraction of sp³-hybridized carbons (Fsp3) is 0.423. The molecule has 0 aliphatic carbocycles. The average molecular weight is 445 g/mol. The van der Waals surface area contributed by atoms with Crippen molar-refractivity contribution in [2.45, 2.75) is 32.8 Å². The van der Waals surface area contributed by atoms with Crippen molar-refractivity contribution in [3.05, 3.63) is 73.3 Å². The van der Waals surface area contributed by atoms with Crippen molar-refractivity contribution in [1.82, 2.24) is 9.80 Å². The van der Waals surface area contributed by atoms with Crippen LogP contribution >= 0.6 is 0 Å². The van der Waals surface area contributed by atoms with E-state index in [4.69, 9.17) is 0 Å². The van der Waals surface area contributed by atoms with Gasteiger partial charge in [0, 0.05) is 38.3 Å². The summed E-state index contributed by atoms with van der Waals surface area (Å²) < 4.78 is 12.3. The zero-order valence-electron chi connectivity index (χ0n) is 19.3. The maximum absolute atomic E-state index is 13.2. The summed E-state index contributed by atoms with van der Waals surface area (Å²) in [4.78, 5) is 16.8. The van der Waals surface area contributed by atoms with E-state index < -0.39 is 12.7 Å². The van der Waals surface area contributed by atoms with Crippen molar-refractivity contribution in [2.75, 3.05) is 32.8 Å². The van der Waals surface area contributed by atoms with Gasteiger partial charge in [-0.3, -0.25) is 4.79 Å². The molecule has 2 atom stereocenters. The number of aliphatic hydroxyl groups excluding tert-OH is 2. The molecule has 0 fully saturated rings. The SMILES string of the molecule is C#CC.C=CCCN(CC(C)C=C)C1=C(C(O)CO)C(=O)N(C/C(C=C)=C/C=C/F)CC1. The lowest BCUT2D eigenvalue weighted by Crippen LogP contribution is -2.46. The maximum atomic E-state index is 13.2. The third-order valence-corrected chi connectivity index (χ3v) is 4.87. The number of hydrogen-bond acceptors (Lipinski definition) is 4. The number of carbonyl (C=O) groups is 1. The minimum absolute atomic E-state index is 0.191. The number of halogens is 1. The molecule has 1 aliphatic rings. The van der Waals surface area contributed by atoms with Crippen LogP contribution in [0.1, 0.15) is 26.7 Å². The molecule has 0 saturated carbocycles. The lowest BCUT2D eigenvalue weighted by Gasteiger charge is -2.38. The summed E-state index contributed by atoms with van der Waals surface area (Å²) in [6.45, 7) is 16.5. The molecule has 32 heavy (non-hydrogen) atoms. The Bertz CT molecular complexity index is 762. The minimum atomic E-state index is -1.27. The van der Waals surface area contributed by atoms with E-state index in [0.717, 1.165) is 12.1 Å². The Morgan fingerprint density at radius 1 is 1.41 bits per heavy atom. The Labute approximate surface area is 192 Å². The topological polar surface area (TPSA) is 64.0 Å². The van der Waals surface area contributed by atoms with Gasteiger partial charge in [0.05, 0.1) is 18.5 Å². The van der Waals surface area contributed by atoms with E-state index in [-0.39, 0.29) is 23.9 Å². The number of nitrogens with zero attached hydrogens (tertiary/aromatic N) is 2. The van der Waals surface area contributed by atoms with Crippen LogP contribution in [0.3, 0.4) is 0 Å². The van der Waals surface area contributed by atoms with Crippen molar-refractivity contribution in [3.63, 3.8) is 0 Å². The highest BCUT2D eigenvalue weighted by atomic mass is 19.1. The van der Waals surface area contributed by atoms with Crippen LogP contribution in [0.4, 0.5) is 4.39 Å². The molecular weight excluding hydrogens is 407 g/mol. The number of amides is 1. The number of rotatable bonds is 13. The van der Waals surface area contributed by atoms with Crippen molar-refractivity contribution < 1.29 is 19.4 Å². The summed E-state index contributed by atoms with van der Waals surface area (Å²) in [6, 6.07) is 0. The van der Waals surface area contributed by atoms with Crippen LogP contribution in [-0.2, 0) is 4.79 Å². The molecule has 0 spiro atoms. The molecule has 0 aromatic carbocycles. The van der Waals surface area contributed by atoms with E-state index in [1.54, 1.807) is 24.0 Å². The van der Waals surface area contributed by atoms with Crippen LogP contribution in [0.25, 0.3) is 0 Å². The molecule has 0 aromatic heterocycles. The van der Waals surface area contributed by atoms with Crippen LogP contribution in [-0.4, -0.2) is 64.8 Å². The molecule has 0 radical (unpaired) electrons. The third-order valence-electron chi connectivity index (χ3n) is 4.87. The molecule has 0 aromatic rings. The number of aliphatic hydroxyl groups is 2. The molecule has 1 heterocycles. The maximum Gasteiger partial charge on any atom is 0.254 e. The van der Waals surface area contributed by atoms with Gasteiger partial charge in [-0.05, 0) is 30.9 Å². The summed E-state index contributed by atoms with van der Waals surface area (Å²) in [5.41, 5.74) is 1.64. The van der Waals surface area contributed by atoms with Crippen LogP contribution < -0.4 is 0 Å². The summed E-state index contributed by atoms with van der Waals surface area (Å²) in [5.74, 6) is 2.11. The van der Waals surface area contributed by atoms with E-state index in [0.29, 0.717) is 38.0 Å². The first-order valence-electron chi connectivity index (χ1n) is 10.6. The quantitative estimate of drug-likeness (QED) is 0.258. The van der Waals surface area contributed by atoms with Gasteiger partial charge in [-0.15, -0.1) is 25.5 Å². The van der Waals surface area contributed by atoms with E-state index >= 15 is 0 Å². The van der Waals surface area contributed by atoms with Crippen LogP contribution in [0, 0.1) is 18.3 Å². The molecule has 2 unspecified atom stereocenters. The molecular formula is C26H37FN2O3. The number of hydrogen-bond donors (Lipinski definition) is 2. The first kappa shape index (κ1) is 29.1. The Balaban J connectivity index is 0.00000302. The zero-order valence-corrected chi connectivity index (χ0v) is 19.3. The molecule has 6 heteroatoms. The summed E-state index contributed by atoms with van der Waals surface area (Å²) >= 11 is 0. The lowest BCUT2D eigenvalue weighted by atomic mass is 9.97. The zero-order chi connectivity index (χ0) is 24.5. The first-order valence-corrected chi connectivity index (χ1v) is 10.6. The Kier molecular flexibility index (Phi) is 15.3. The van der Waals surface area contributed by atoms with Gasteiger partial charge in [0.15, 0.2) is 0 Å². The van der Waals surface area contributed by atoms with Crippen molar-refractivity contribution in [3.8, 4) is 12.3 Å². The number of allylic oxidation sites excluding steroid dienone is 2. The highest BCUT2D eigenvalue weighted by Crippen LogP contribution is 2.27. The molecule has 1 amide bonds. The lowest BCUT2D eigenvalue weighted by molar-refractivity contribution is -0.129. The molecule has 2 N–H and O–H groups in total. The molecule has 5 nitrogen and oxygen atoms in total. The highest BCUT2D eigenvalue weighted by Gasteiger charge is 2.33. The Hall–Kier alpha value is -2.88. The van der Waals surface area contributed by atoms with Gasteiger partial charge in [-0.25, -0.2) is 4.39 Å². The van der Waals surface area contributed by atoms with Gasteiger partial charge in [-0.2, -0.15) is 0 Å². The van der Waals surface area contributed by atoms with Crippen LogP contribution in [0.15, 0.2) is 73.3 Å². The molecule has 176 valence electrons. The monoisotopic (exact) mass is 444 g/mol. The first-order chi connectivity index (χ1) is 15.3. The van der Waals surface area contributed by atoms with Gasteiger partial charge in [0.25, 0.3) is 5.91 Å². The third kappa shape index (κ3) is 9.51. The summed E-state index contributed by atoms with van der Waals surface area (Å²) in [6.07, 6.45) is 13.0. The molecule has 1 aliphatic heterocycles. The van der Waals surface area contributed by atoms with Crippen LogP contribution in [0.2, 0.25) is 0 Å².